The number of carbonyl (C=O) groups excluding carboxylic acids is 2. The summed E-state index contributed by atoms with van der Waals surface area (Å²) < 4.78 is 5.87. The van der Waals surface area contributed by atoms with E-state index in [0.29, 0.717) is 23.5 Å². The zero-order valence-corrected chi connectivity index (χ0v) is 21.7. The summed E-state index contributed by atoms with van der Waals surface area (Å²) in [5, 5.41) is 0. The van der Waals surface area contributed by atoms with Gasteiger partial charge in [0.1, 0.15) is 6.10 Å². The lowest BCUT2D eigenvalue weighted by atomic mass is 9.49. The quantitative estimate of drug-likeness (QED) is 0.185. The van der Waals surface area contributed by atoms with Gasteiger partial charge < -0.3 is 4.74 Å². The Morgan fingerprint density at radius 2 is 1.79 bits per heavy atom. The van der Waals surface area contributed by atoms with Gasteiger partial charge in [0.15, 0.2) is 5.78 Å². The molecule has 3 saturated carbocycles. The summed E-state index contributed by atoms with van der Waals surface area (Å²) >= 11 is 5.80. The Morgan fingerprint density at radius 1 is 1.06 bits per heavy atom. The van der Waals surface area contributed by atoms with Crippen molar-refractivity contribution in [1.29, 1.82) is 0 Å². The van der Waals surface area contributed by atoms with Crippen molar-refractivity contribution in [2.45, 2.75) is 116 Å². The molecule has 4 rings (SSSR count). The number of ketones is 1. The molecule has 186 valence electrons. The molecular weight excluding hydrogens is 432 g/mol. The minimum absolute atomic E-state index is 0.0967. The van der Waals surface area contributed by atoms with Crippen LogP contribution in [0, 0.1) is 35.0 Å². The maximum atomic E-state index is 12.2. The van der Waals surface area contributed by atoms with Crippen LogP contribution < -0.4 is 0 Å². The Balaban J connectivity index is 1.44. The maximum Gasteiger partial charge on any atom is 0.302 e. The number of hydrogen-bond acceptors (Lipinski definition) is 3. The van der Waals surface area contributed by atoms with E-state index in [4.69, 9.17) is 16.3 Å². The van der Waals surface area contributed by atoms with Crippen molar-refractivity contribution < 1.29 is 14.3 Å². The number of carbonyl (C=O) groups is 2. The van der Waals surface area contributed by atoms with Crippen LogP contribution in [0.5, 0.6) is 0 Å². The Labute approximate surface area is 206 Å². The first-order valence-corrected chi connectivity index (χ1v) is 14.4. The van der Waals surface area contributed by atoms with Crippen LogP contribution in [0.25, 0.3) is 0 Å². The van der Waals surface area contributed by atoms with Crippen LogP contribution in [0.1, 0.15) is 110 Å². The predicted octanol–water partition coefficient (Wildman–Crippen LogP) is 7.65. The average Bonchev–Trinajstić information content (AvgIpc) is 3.10. The molecule has 0 N–H and O–H groups in total. The van der Waals surface area contributed by atoms with Crippen LogP contribution >= 0.6 is 11.6 Å². The van der Waals surface area contributed by atoms with Crippen molar-refractivity contribution in [3.8, 4) is 0 Å². The normalized spacial score (nSPS) is 37.7. The number of unbranched alkanes of at least 4 members (excludes halogenated alkanes) is 6. The Bertz CT molecular complexity index is 730. The molecule has 0 spiro atoms. The Morgan fingerprint density at radius 3 is 2.52 bits per heavy atom. The van der Waals surface area contributed by atoms with Crippen molar-refractivity contribution in [2.24, 2.45) is 35.0 Å². The van der Waals surface area contributed by atoms with Crippen LogP contribution in [0.3, 0.4) is 0 Å². The molecule has 7 atom stereocenters. The second-order valence-electron chi connectivity index (χ2n) is 11.8. The smallest absolute Gasteiger partial charge is 0.302 e. The number of alkyl halides is 1. The summed E-state index contributed by atoms with van der Waals surface area (Å²) in [7, 11) is 0. The van der Waals surface area contributed by atoms with E-state index in [9.17, 15) is 9.59 Å². The molecule has 0 aromatic carbocycles. The van der Waals surface area contributed by atoms with E-state index in [2.05, 4.69) is 6.92 Å². The summed E-state index contributed by atoms with van der Waals surface area (Å²) in [4.78, 5) is 24.0. The van der Waals surface area contributed by atoms with Gasteiger partial charge in [0.05, 0.1) is 0 Å². The molecule has 0 heterocycles. The number of fused-ring (bicyclic) bond motifs is 5. The Kier molecular flexibility index (Phi) is 8.63. The summed E-state index contributed by atoms with van der Waals surface area (Å²) in [6.45, 7) is 3.99. The van der Waals surface area contributed by atoms with Crippen LogP contribution in [0.15, 0.2) is 11.6 Å². The first kappa shape index (κ1) is 25.3. The van der Waals surface area contributed by atoms with E-state index in [1.165, 1.54) is 69.8 Å². The maximum absolute atomic E-state index is 12.2. The average molecular weight is 477 g/mol. The number of hydrogen-bond donors (Lipinski definition) is 0. The van der Waals surface area contributed by atoms with Gasteiger partial charge in [-0.2, -0.15) is 0 Å². The lowest BCUT2D eigenvalue weighted by Gasteiger charge is -2.56. The topological polar surface area (TPSA) is 43.4 Å². The summed E-state index contributed by atoms with van der Waals surface area (Å²) in [5.74, 6) is 4.49. The molecule has 0 radical (unpaired) electrons. The zero-order chi connectivity index (χ0) is 23.4. The summed E-state index contributed by atoms with van der Waals surface area (Å²) in [6.07, 6.45) is 20.1. The molecule has 0 aromatic rings. The first-order valence-electron chi connectivity index (χ1n) is 13.9. The monoisotopic (exact) mass is 476 g/mol. The van der Waals surface area contributed by atoms with Gasteiger partial charge in [0, 0.05) is 24.6 Å². The highest BCUT2D eigenvalue weighted by molar-refractivity contribution is 6.17. The van der Waals surface area contributed by atoms with Crippen molar-refractivity contribution in [2.75, 3.05) is 5.88 Å². The van der Waals surface area contributed by atoms with Crippen molar-refractivity contribution in [3.63, 3.8) is 0 Å². The van der Waals surface area contributed by atoms with Crippen LogP contribution in [0.2, 0.25) is 0 Å². The van der Waals surface area contributed by atoms with Crippen LogP contribution in [0.4, 0.5) is 0 Å². The fourth-order valence-corrected chi connectivity index (χ4v) is 8.59. The summed E-state index contributed by atoms with van der Waals surface area (Å²) in [5.41, 5.74) is 1.62. The van der Waals surface area contributed by atoms with Gasteiger partial charge in [0.2, 0.25) is 0 Å². The number of rotatable bonds is 10. The minimum Gasteiger partial charge on any atom is -0.462 e. The van der Waals surface area contributed by atoms with Gasteiger partial charge in [-0.25, -0.2) is 0 Å². The molecule has 0 aliphatic heterocycles. The highest BCUT2D eigenvalue weighted by Gasteiger charge is 2.59. The van der Waals surface area contributed by atoms with Crippen LogP contribution in [-0.2, 0) is 14.3 Å². The molecular formula is C29H45ClO3. The van der Waals surface area contributed by atoms with Crippen molar-refractivity contribution in [3.05, 3.63) is 11.6 Å². The molecule has 4 aliphatic rings. The van der Waals surface area contributed by atoms with Gasteiger partial charge in [0.25, 0.3) is 0 Å². The molecule has 33 heavy (non-hydrogen) atoms. The Hall–Kier alpha value is -0.830. The number of halogens is 1. The predicted molar refractivity (Wildman–Crippen MR) is 134 cm³/mol. The number of allylic oxidation sites excluding steroid dienone is 1. The number of ether oxygens (including phenoxy) is 1. The van der Waals surface area contributed by atoms with E-state index < -0.39 is 0 Å². The molecule has 4 aliphatic carbocycles. The van der Waals surface area contributed by atoms with Gasteiger partial charge in [-0.05, 0) is 87.0 Å². The van der Waals surface area contributed by atoms with Gasteiger partial charge in [-0.1, -0.05) is 51.0 Å². The molecule has 0 unspecified atom stereocenters. The second-order valence-corrected chi connectivity index (χ2v) is 12.2. The third-order valence-corrected chi connectivity index (χ3v) is 10.2. The van der Waals surface area contributed by atoms with E-state index in [1.807, 2.05) is 6.08 Å². The van der Waals surface area contributed by atoms with Gasteiger partial charge in [-0.15, -0.1) is 11.6 Å². The fraction of sp³-hybridized carbons (Fsp3) is 0.862. The molecule has 0 aromatic heterocycles. The molecule has 0 saturated heterocycles. The van der Waals surface area contributed by atoms with E-state index in [0.717, 1.165) is 49.8 Å². The van der Waals surface area contributed by atoms with Gasteiger partial charge >= 0.3 is 5.97 Å². The molecule has 4 heteroatoms. The minimum atomic E-state index is -0.119. The third kappa shape index (κ3) is 5.54. The van der Waals surface area contributed by atoms with Crippen LogP contribution in [-0.4, -0.2) is 23.7 Å². The van der Waals surface area contributed by atoms with Crippen molar-refractivity contribution in [1.82, 2.24) is 0 Å². The molecule has 0 amide bonds. The summed E-state index contributed by atoms with van der Waals surface area (Å²) in [6, 6.07) is 0. The zero-order valence-electron chi connectivity index (χ0n) is 21.0. The van der Waals surface area contributed by atoms with Gasteiger partial charge in [-0.3, -0.25) is 9.59 Å². The SMILES string of the molecule is CC(=O)O[C@H]1CC[C@H]2[C@@H]3[C@H](CCCCCCCCCCl)CC4=CC(=O)CC[C@@H]4[C@H]3CC[C@]12C. The standard InChI is InChI=1S/C29H45ClO3/c1-20(31)33-27-14-13-26-28-21(10-8-6-4-3-5-7-9-17-30)18-22-19-23(32)11-12-24(22)25(28)15-16-29(26,27)2/h19,21,24-28H,3-18H2,1-2H3/t21-,24+,25-,26+,27+,28-,29+/m1/s1. The molecule has 3 fully saturated rings. The molecule has 0 bridgehead atoms. The second kappa shape index (κ2) is 11.3. The highest BCUT2D eigenvalue weighted by atomic mass is 35.5. The third-order valence-electron chi connectivity index (χ3n) is 9.90. The number of esters is 1. The lowest BCUT2D eigenvalue weighted by Crippen LogP contribution is -2.51. The van der Waals surface area contributed by atoms with Crippen molar-refractivity contribution >= 4 is 23.4 Å². The van der Waals surface area contributed by atoms with E-state index in [1.54, 1.807) is 6.92 Å². The lowest BCUT2D eigenvalue weighted by molar-refractivity contribution is -0.157. The molecule has 3 nitrogen and oxygen atoms in total. The van der Waals surface area contributed by atoms with E-state index in [-0.39, 0.29) is 17.5 Å². The first-order chi connectivity index (χ1) is 15.9. The highest BCUT2D eigenvalue weighted by Crippen LogP contribution is 2.64. The fourth-order valence-electron chi connectivity index (χ4n) is 8.40. The van der Waals surface area contributed by atoms with E-state index >= 15 is 0 Å². The largest absolute Gasteiger partial charge is 0.462 e.